The Balaban J connectivity index is 1.24. The van der Waals surface area contributed by atoms with E-state index in [1.54, 1.807) is 0 Å². The van der Waals surface area contributed by atoms with E-state index in [1.807, 2.05) is 0 Å². The number of hydrogen-bond donors (Lipinski definition) is 0. The lowest BCUT2D eigenvalue weighted by Gasteiger charge is -2.35. The summed E-state index contributed by atoms with van der Waals surface area (Å²) in [5, 5.41) is 0. The van der Waals surface area contributed by atoms with Gasteiger partial charge in [-0.1, -0.05) is 177 Å². The van der Waals surface area contributed by atoms with Crippen molar-refractivity contribution in [2.75, 3.05) is 4.90 Å². The highest BCUT2D eigenvalue weighted by atomic mass is 15.1. The summed E-state index contributed by atoms with van der Waals surface area (Å²) in [6, 6.07) is 67.0. The maximum Gasteiger partial charge on any atom is 0.0714 e. The molecule has 2 aliphatic carbocycles. The van der Waals surface area contributed by atoms with Gasteiger partial charge in [0, 0.05) is 23.0 Å². The molecular weight excluding hydrogens is 615 g/mol. The van der Waals surface area contributed by atoms with Crippen molar-refractivity contribution in [1.82, 2.24) is 0 Å². The lowest BCUT2D eigenvalue weighted by Crippen LogP contribution is -2.28. The molecule has 1 heteroatoms. The SMILES string of the molecule is CC1C=CC=CC1c1ccc(N(c2ccc(-c3ccccc3)cc2)c2ccc3c(c2)C(c2ccccc2)(c2ccccc2)c2ccccc2-3)cc1. The van der Waals surface area contributed by atoms with Crippen LogP contribution in [0.5, 0.6) is 0 Å². The Morgan fingerprint density at radius 3 is 1.59 bits per heavy atom. The van der Waals surface area contributed by atoms with E-state index in [2.05, 4.69) is 218 Å². The van der Waals surface area contributed by atoms with Gasteiger partial charge in [-0.3, -0.25) is 0 Å². The lowest BCUT2D eigenvalue weighted by atomic mass is 9.67. The van der Waals surface area contributed by atoms with Crippen LogP contribution in [0.25, 0.3) is 22.3 Å². The van der Waals surface area contributed by atoms with Gasteiger partial charge in [0.15, 0.2) is 0 Å². The van der Waals surface area contributed by atoms with Crippen LogP contribution in [0.15, 0.2) is 206 Å². The summed E-state index contributed by atoms with van der Waals surface area (Å²) in [5.41, 5.74) is 14.4. The van der Waals surface area contributed by atoms with Crippen molar-refractivity contribution >= 4 is 17.1 Å². The second-order valence-electron chi connectivity index (χ2n) is 13.8. The van der Waals surface area contributed by atoms with Gasteiger partial charge in [-0.25, -0.2) is 0 Å². The number of nitrogens with zero attached hydrogens (tertiary/aromatic N) is 1. The molecule has 0 bridgehead atoms. The van der Waals surface area contributed by atoms with Gasteiger partial charge in [0.1, 0.15) is 0 Å². The molecular formula is C50H39N. The minimum absolute atomic E-state index is 0.374. The highest BCUT2D eigenvalue weighted by Crippen LogP contribution is 2.57. The van der Waals surface area contributed by atoms with Crippen molar-refractivity contribution in [2.24, 2.45) is 5.92 Å². The van der Waals surface area contributed by atoms with Gasteiger partial charge >= 0.3 is 0 Å². The zero-order valence-electron chi connectivity index (χ0n) is 28.7. The average Bonchev–Trinajstić information content (AvgIpc) is 3.50. The number of allylic oxidation sites excluding steroid dienone is 4. The van der Waals surface area contributed by atoms with Gasteiger partial charge in [0.05, 0.1) is 5.41 Å². The quantitative estimate of drug-likeness (QED) is 0.165. The minimum Gasteiger partial charge on any atom is -0.310 e. The zero-order valence-corrected chi connectivity index (χ0v) is 28.7. The lowest BCUT2D eigenvalue weighted by molar-refractivity contribution is 0.635. The molecule has 7 aromatic rings. The highest BCUT2D eigenvalue weighted by molar-refractivity contribution is 5.89. The maximum atomic E-state index is 2.45. The van der Waals surface area contributed by atoms with Crippen molar-refractivity contribution < 1.29 is 0 Å². The largest absolute Gasteiger partial charge is 0.310 e. The monoisotopic (exact) mass is 653 g/mol. The van der Waals surface area contributed by atoms with Crippen molar-refractivity contribution in [3.8, 4) is 22.3 Å². The maximum absolute atomic E-state index is 2.45. The Kier molecular flexibility index (Phi) is 7.82. The van der Waals surface area contributed by atoms with Crippen LogP contribution in [-0.2, 0) is 5.41 Å². The van der Waals surface area contributed by atoms with E-state index in [4.69, 9.17) is 0 Å². The first-order valence-corrected chi connectivity index (χ1v) is 18.0. The Bertz CT molecular complexity index is 2310. The number of anilines is 3. The predicted molar refractivity (Wildman–Crippen MR) is 214 cm³/mol. The third kappa shape index (κ3) is 5.25. The van der Waals surface area contributed by atoms with Crippen LogP contribution in [0.4, 0.5) is 17.1 Å². The second kappa shape index (κ2) is 12.9. The van der Waals surface area contributed by atoms with Gasteiger partial charge < -0.3 is 4.90 Å². The molecule has 1 nitrogen and oxygen atoms in total. The molecule has 0 aromatic heterocycles. The summed E-state index contributed by atoms with van der Waals surface area (Å²) in [6.45, 7) is 2.30. The molecule has 0 N–H and O–H groups in total. The van der Waals surface area contributed by atoms with Crippen molar-refractivity contribution in [2.45, 2.75) is 18.3 Å². The molecule has 0 heterocycles. The summed E-state index contributed by atoms with van der Waals surface area (Å²) in [7, 11) is 0. The normalized spacial score (nSPS) is 16.7. The van der Waals surface area contributed by atoms with Crippen LogP contribution >= 0.6 is 0 Å². The first-order chi connectivity index (χ1) is 25.2. The van der Waals surface area contributed by atoms with Gasteiger partial charge in [0.25, 0.3) is 0 Å². The summed E-state index contributed by atoms with van der Waals surface area (Å²) in [4.78, 5) is 2.42. The van der Waals surface area contributed by atoms with Gasteiger partial charge in [-0.2, -0.15) is 0 Å². The van der Waals surface area contributed by atoms with E-state index in [9.17, 15) is 0 Å². The molecule has 7 aromatic carbocycles. The third-order valence-corrected chi connectivity index (χ3v) is 10.9. The number of fused-ring (bicyclic) bond motifs is 3. The first-order valence-electron chi connectivity index (χ1n) is 18.0. The number of benzene rings is 7. The second-order valence-corrected chi connectivity index (χ2v) is 13.8. The molecule has 9 rings (SSSR count). The molecule has 0 saturated heterocycles. The minimum atomic E-state index is -0.464. The highest BCUT2D eigenvalue weighted by Gasteiger charge is 2.46. The topological polar surface area (TPSA) is 3.24 Å². The van der Waals surface area contributed by atoms with Gasteiger partial charge in [0.2, 0.25) is 0 Å². The van der Waals surface area contributed by atoms with Gasteiger partial charge in [-0.15, -0.1) is 0 Å². The standard InChI is InChI=1S/C50H39N/c1-36-15-11-12-22-45(36)39-27-31-43(32-28-39)51(42-29-25-38(26-30-42)37-16-5-2-6-17-37)44-33-34-47-46-23-13-14-24-48(46)50(49(47)35-44,40-18-7-3-8-19-40)41-20-9-4-10-21-41/h2-36,45H,1H3. The first kappa shape index (κ1) is 30.8. The van der Waals surface area contributed by atoms with Crippen LogP contribution in [0.1, 0.15) is 40.7 Å². The van der Waals surface area contributed by atoms with E-state index in [-0.39, 0.29) is 0 Å². The molecule has 0 radical (unpaired) electrons. The molecule has 0 spiro atoms. The summed E-state index contributed by atoms with van der Waals surface area (Å²) >= 11 is 0. The van der Waals surface area contributed by atoms with Crippen LogP contribution < -0.4 is 4.90 Å². The van der Waals surface area contributed by atoms with E-state index in [1.165, 1.54) is 50.1 Å². The number of hydrogen-bond acceptors (Lipinski definition) is 1. The van der Waals surface area contributed by atoms with Crippen molar-refractivity contribution in [1.29, 1.82) is 0 Å². The Morgan fingerprint density at radius 1 is 0.431 bits per heavy atom. The Morgan fingerprint density at radius 2 is 0.941 bits per heavy atom. The van der Waals surface area contributed by atoms with E-state index < -0.39 is 5.41 Å². The average molecular weight is 654 g/mol. The smallest absolute Gasteiger partial charge is 0.0714 e. The molecule has 0 amide bonds. The third-order valence-electron chi connectivity index (χ3n) is 10.9. The summed E-state index contributed by atoms with van der Waals surface area (Å²) < 4.78 is 0. The zero-order chi connectivity index (χ0) is 34.2. The van der Waals surface area contributed by atoms with Crippen LogP contribution in [0.2, 0.25) is 0 Å². The molecule has 2 unspecified atom stereocenters. The van der Waals surface area contributed by atoms with Crippen molar-refractivity contribution in [3.05, 3.63) is 234 Å². The molecule has 0 saturated carbocycles. The van der Waals surface area contributed by atoms with Crippen molar-refractivity contribution in [3.63, 3.8) is 0 Å². The number of rotatable bonds is 7. The summed E-state index contributed by atoms with van der Waals surface area (Å²) in [6.07, 6.45) is 8.96. The molecule has 0 aliphatic heterocycles. The summed E-state index contributed by atoms with van der Waals surface area (Å²) in [5.74, 6) is 0.837. The van der Waals surface area contributed by atoms with E-state index >= 15 is 0 Å². The molecule has 2 aliphatic rings. The molecule has 2 atom stereocenters. The van der Waals surface area contributed by atoms with E-state index in [0.29, 0.717) is 11.8 Å². The van der Waals surface area contributed by atoms with Crippen LogP contribution in [0, 0.1) is 5.92 Å². The van der Waals surface area contributed by atoms with Gasteiger partial charge in [-0.05, 0) is 92.4 Å². The fraction of sp³-hybridized carbons (Fsp3) is 0.0800. The Hall–Kier alpha value is -6.18. The predicted octanol–water partition coefficient (Wildman–Crippen LogP) is 13.0. The Labute approximate surface area is 301 Å². The fourth-order valence-corrected chi connectivity index (χ4v) is 8.43. The van der Waals surface area contributed by atoms with Crippen LogP contribution in [-0.4, -0.2) is 0 Å². The molecule has 0 fully saturated rings. The molecule has 244 valence electrons. The van der Waals surface area contributed by atoms with Crippen LogP contribution in [0.3, 0.4) is 0 Å². The van der Waals surface area contributed by atoms with E-state index in [0.717, 1.165) is 17.1 Å². The molecule has 51 heavy (non-hydrogen) atoms. The fourth-order valence-electron chi connectivity index (χ4n) is 8.43.